The zero-order chi connectivity index (χ0) is 31.2. The van der Waals surface area contributed by atoms with Gasteiger partial charge in [-0.15, -0.1) is 0 Å². The number of unbranched alkanes of at least 4 members (excludes halogenated alkanes) is 22. The van der Waals surface area contributed by atoms with Crippen LogP contribution in [0.3, 0.4) is 0 Å². The Bertz CT molecular complexity index is 596. The molecule has 0 rings (SSSR count). The number of carbonyl (C=O) groups is 2. The maximum atomic E-state index is 11.1. The van der Waals surface area contributed by atoms with Crippen LogP contribution in [-0.2, 0) is 14.3 Å². The van der Waals surface area contributed by atoms with Gasteiger partial charge in [0.15, 0.2) is 0 Å². The summed E-state index contributed by atoms with van der Waals surface area (Å²) in [5, 5.41) is 8.51. The van der Waals surface area contributed by atoms with Gasteiger partial charge < -0.3 is 9.84 Å². The van der Waals surface area contributed by atoms with Crippen molar-refractivity contribution in [2.75, 3.05) is 6.61 Å². The molecular formula is C38H72O4. The first-order valence-electron chi connectivity index (χ1n) is 18.3. The van der Waals surface area contributed by atoms with Gasteiger partial charge in [0.05, 0.1) is 6.61 Å². The van der Waals surface area contributed by atoms with E-state index in [2.05, 4.69) is 38.2 Å². The minimum atomic E-state index is -0.664. The number of ether oxygens (including phenoxy) is 1. The quantitative estimate of drug-likeness (QED) is 0.0494. The Morgan fingerprint density at radius 2 is 0.762 bits per heavy atom. The average Bonchev–Trinajstić information content (AvgIpc) is 2.97. The topological polar surface area (TPSA) is 63.6 Å². The molecule has 1 N–H and O–H groups in total. The number of carboxylic acids is 1. The maximum Gasteiger partial charge on any atom is 0.305 e. The van der Waals surface area contributed by atoms with Crippen LogP contribution in [0.5, 0.6) is 0 Å². The molecule has 0 aromatic rings. The predicted molar refractivity (Wildman–Crippen MR) is 183 cm³/mol. The highest BCUT2D eigenvalue weighted by Crippen LogP contribution is 2.11. The largest absolute Gasteiger partial charge is 0.481 e. The molecule has 0 radical (unpaired) electrons. The lowest BCUT2D eigenvalue weighted by Crippen LogP contribution is -2.03. The lowest BCUT2D eigenvalue weighted by Gasteiger charge is -2.01. The standard InChI is InChI=1S/C20H38O2.C18H34O2/c1-3-5-6-7-8-9-10-11-12-13-14-15-16-17-18-19-20(21)22-4-2;1-2-3-4-5-6-7-8-9-10-11-12-13-14-15-16-17-18(19)20/h11-12H,3-10,13-19H2,1-2H3;9-10H,2-8,11-17H2,1H3,(H,19,20)/b12-11-;10-9-. The number of carbonyl (C=O) groups excluding carboxylic acids is 1. The van der Waals surface area contributed by atoms with E-state index < -0.39 is 5.97 Å². The summed E-state index contributed by atoms with van der Waals surface area (Å²) in [6.45, 7) is 6.89. The van der Waals surface area contributed by atoms with Crippen molar-refractivity contribution in [2.45, 2.75) is 201 Å². The number of aliphatic carboxylic acids is 1. The van der Waals surface area contributed by atoms with Crippen LogP contribution >= 0.6 is 0 Å². The molecule has 0 saturated heterocycles. The molecule has 248 valence electrons. The fourth-order valence-electron chi connectivity index (χ4n) is 4.92. The van der Waals surface area contributed by atoms with Crippen molar-refractivity contribution in [3.05, 3.63) is 24.3 Å². The Balaban J connectivity index is 0. The van der Waals surface area contributed by atoms with E-state index in [9.17, 15) is 9.59 Å². The van der Waals surface area contributed by atoms with E-state index in [0.717, 1.165) is 25.7 Å². The van der Waals surface area contributed by atoms with E-state index in [1.165, 1.54) is 141 Å². The molecule has 4 nitrogen and oxygen atoms in total. The fourth-order valence-corrected chi connectivity index (χ4v) is 4.92. The summed E-state index contributed by atoms with van der Waals surface area (Å²) in [7, 11) is 0. The molecule has 0 aromatic heterocycles. The molecule has 4 heteroatoms. The van der Waals surface area contributed by atoms with Gasteiger partial charge in [0.2, 0.25) is 0 Å². The predicted octanol–water partition coefficient (Wildman–Crippen LogP) is 12.7. The Morgan fingerprint density at radius 3 is 1.10 bits per heavy atom. The Morgan fingerprint density at radius 1 is 0.452 bits per heavy atom. The Labute approximate surface area is 262 Å². The molecule has 0 amide bonds. The SMILES string of the molecule is CCCCCCCC/C=C\CCCCCCCC(=O)O.CCCCCCCC/C=C\CCCCCCCC(=O)OCC. The first kappa shape index (κ1) is 42.6. The lowest BCUT2D eigenvalue weighted by molar-refractivity contribution is -0.143. The summed E-state index contributed by atoms with van der Waals surface area (Å²) in [4.78, 5) is 21.5. The third kappa shape index (κ3) is 42.9. The van der Waals surface area contributed by atoms with Gasteiger partial charge >= 0.3 is 11.9 Å². The van der Waals surface area contributed by atoms with Crippen molar-refractivity contribution < 1.29 is 19.4 Å². The van der Waals surface area contributed by atoms with Gasteiger partial charge in [0, 0.05) is 12.8 Å². The first-order valence-corrected chi connectivity index (χ1v) is 18.3. The van der Waals surface area contributed by atoms with Crippen LogP contribution in [0, 0.1) is 0 Å². The average molecular weight is 593 g/mol. The van der Waals surface area contributed by atoms with Crippen LogP contribution in [0.1, 0.15) is 201 Å². The highest BCUT2D eigenvalue weighted by atomic mass is 16.5. The van der Waals surface area contributed by atoms with Crippen molar-refractivity contribution in [3.63, 3.8) is 0 Å². The molecule has 0 saturated carbocycles. The van der Waals surface area contributed by atoms with E-state index in [4.69, 9.17) is 9.84 Å². The van der Waals surface area contributed by atoms with Gasteiger partial charge in [-0.05, 0) is 71.1 Å². The molecule has 0 fully saturated rings. The second-order valence-electron chi connectivity index (χ2n) is 11.9. The van der Waals surface area contributed by atoms with Crippen LogP contribution in [0.4, 0.5) is 0 Å². The van der Waals surface area contributed by atoms with E-state index in [1.54, 1.807) is 0 Å². The lowest BCUT2D eigenvalue weighted by atomic mass is 10.1. The molecule has 42 heavy (non-hydrogen) atoms. The summed E-state index contributed by atoms with van der Waals surface area (Å²) in [5.74, 6) is -0.706. The van der Waals surface area contributed by atoms with Crippen molar-refractivity contribution in [3.8, 4) is 0 Å². The molecule has 0 spiro atoms. The maximum absolute atomic E-state index is 11.1. The molecule has 0 aliphatic carbocycles. The molecular weight excluding hydrogens is 520 g/mol. The summed E-state index contributed by atoms with van der Waals surface area (Å²) >= 11 is 0. The summed E-state index contributed by atoms with van der Waals surface area (Å²) in [5.41, 5.74) is 0. The second-order valence-corrected chi connectivity index (χ2v) is 11.9. The van der Waals surface area contributed by atoms with E-state index in [1.807, 2.05) is 6.92 Å². The Kier molecular flexibility index (Phi) is 39.9. The van der Waals surface area contributed by atoms with Gasteiger partial charge in [0.1, 0.15) is 0 Å². The summed E-state index contributed by atoms with van der Waals surface area (Å²) in [6.07, 6.45) is 43.3. The highest BCUT2D eigenvalue weighted by molar-refractivity contribution is 5.69. The van der Waals surface area contributed by atoms with Gasteiger partial charge in [-0.3, -0.25) is 9.59 Å². The molecule has 0 aliphatic rings. The fraction of sp³-hybridized carbons (Fsp3) is 0.842. The van der Waals surface area contributed by atoms with Gasteiger partial charge in [-0.2, -0.15) is 0 Å². The summed E-state index contributed by atoms with van der Waals surface area (Å²) < 4.78 is 4.91. The molecule has 0 bridgehead atoms. The Hall–Kier alpha value is -1.58. The molecule has 0 unspecified atom stereocenters. The smallest absolute Gasteiger partial charge is 0.305 e. The monoisotopic (exact) mass is 593 g/mol. The number of carboxylic acid groups (broad SMARTS) is 1. The van der Waals surface area contributed by atoms with Crippen molar-refractivity contribution in [1.82, 2.24) is 0 Å². The summed E-state index contributed by atoms with van der Waals surface area (Å²) in [6, 6.07) is 0. The third-order valence-corrected chi connectivity index (χ3v) is 7.60. The minimum absolute atomic E-state index is 0.0415. The van der Waals surface area contributed by atoms with Crippen LogP contribution in [0.15, 0.2) is 24.3 Å². The van der Waals surface area contributed by atoms with Crippen LogP contribution < -0.4 is 0 Å². The number of hydrogen-bond acceptors (Lipinski definition) is 3. The van der Waals surface area contributed by atoms with Crippen LogP contribution in [0.2, 0.25) is 0 Å². The minimum Gasteiger partial charge on any atom is -0.481 e. The number of esters is 1. The number of rotatable bonds is 31. The number of hydrogen-bond donors (Lipinski definition) is 1. The molecule has 0 aliphatic heterocycles. The number of allylic oxidation sites excluding steroid dienone is 4. The van der Waals surface area contributed by atoms with Crippen molar-refractivity contribution in [2.24, 2.45) is 0 Å². The van der Waals surface area contributed by atoms with Crippen LogP contribution in [-0.4, -0.2) is 23.7 Å². The van der Waals surface area contributed by atoms with Gasteiger partial charge in [-0.1, -0.05) is 141 Å². The normalized spacial score (nSPS) is 11.2. The van der Waals surface area contributed by atoms with Gasteiger partial charge in [0.25, 0.3) is 0 Å². The van der Waals surface area contributed by atoms with Crippen molar-refractivity contribution in [1.29, 1.82) is 0 Å². The van der Waals surface area contributed by atoms with E-state index in [0.29, 0.717) is 19.4 Å². The second kappa shape index (κ2) is 39.4. The van der Waals surface area contributed by atoms with E-state index >= 15 is 0 Å². The molecule has 0 heterocycles. The van der Waals surface area contributed by atoms with Crippen molar-refractivity contribution >= 4 is 11.9 Å². The zero-order valence-corrected chi connectivity index (χ0v) is 28.5. The zero-order valence-electron chi connectivity index (χ0n) is 28.5. The van der Waals surface area contributed by atoms with Gasteiger partial charge in [-0.25, -0.2) is 0 Å². The van der Waals surface area contributed by atoms with Crippen LogP contribution in [0.25, 0.3) is 0 Å². The third-order valence-electron chi connectivity index (χ3n) is 7.60. The first-order chi connectivity index (χ1) is 20.6. The molecule has 0 aromatic carbocycles. The van der Waals surface area contributed by atoms with E-state index in [-0.39, 0.29) is 5.97 Å². The molecule has 0 atom stereocenters. The highest BCUT2D eigenvalue weighted by Gasteiger charge is 2.00.